The van der Waals surface area contributed by atoms with Crippen LogP contribution in [0, 0.1) is 0 Å². The summed E-state index contributed by atoms with van der Waals surface area (Å²) >= 11 is 0. The highest BCUT2D eigenvalue weighted by Crippen LogP contribution is 2.25. The van der Waals surface area contributed by atoms with Gasteiger partial charge in [0.1, 0.15) is 11.6 Å². The smallest absolute Gasteiger partial charge is 0.137 e. The van der Waals surface area contributed by atoms with Crippen molar-refractivity contribution in [2.24, 2.45) is 0 Å². The lowest BCUT2D eigenvalue weighted by atomic mass is 9.99. The first-order valence-electron chi connectivity index (χ1n) is 5.58. The maximum atomic E-state index is 4.33. The van der Waals surface area contributed by atoms with Gasteiger partial charge in [0.2, 0.25) is 0 Å². The zero-order chi connectivity index (χ0) is 9.38. The Kier molecular flexibility index (Phi) is 5.02. The van der Waals surface area contributed by atoms with E-state index in [-0.39, 0.29) is 24.8 Å². The SMILES string of the molecule is C1CNCC(c2nnc3n2CCC3)C1.Cl.Cl. The molecule has 1 atom stereocenters. The monoisotopic (exact) mass is 264 g/mol. The van der Waals surface area contributed by atoms with Crippen LogP contribution in [0.4, 0.5) is 0 Å². The van der Waals surface area contributed by atoms with Crippen molar-refractivity contribution < 1.29 is 0 Å². The van der Waals surface area contributed by atoms with Gasteiger partial charge < -0.3 is 9.88 Å². The molecule has 0 spiro atoms. The summed E-state index contributed by atoms with van der Waals surface area (Å²) in [7, 11) is 0. The third-order valence-corrected chi connectivity index (χ3v) is 3.30. The van der Waals surface area contributed by atoms with Crippen LogP contribution in [-0.2, 0) is 13.0 Å². The summed E-state index contributed by atoms with van der Waals surface area (Å²) in [6.45, 7) is 3.38. The van der Waals surface area contributed by atoms with E-state index in [1.165, 1.54) is 30.9 Å². The molecule has 0 radical (unpaired) electrons. The molecular formula is C10H18Cl2N4. The van der Waals surface area contributed by atoms with Crippen LogP contribution in [0.5, 0.6) is 0 Å². The molecule has 1 saturated heterocycles. The molecule has 1 aromatic heterocycles. The highest BCUT2D eigenvalue weighted by molar-refractivity contribution is 5.85. The fraction of sp³-hybridized carbons (Fsp3) is 0.800. The maximum absolute atomic E-state index is 4.33. The normalized spacial score (nSPS) is 23.1. The minimum Gasteiger partial charge on any atom is -0.316 e. The lowest BCUT2D eigenvalue weighted by Crippen LogP contribution is -2.30. The Hall–Kier alpha value is -0.320. The molecular weight excluding hydrogens is 247 g/mol. The van der Waals surface area contributed by atoms with E-state index in [1.54, 1.807) is 0 Å². The van der Waals surface area contributed by atoms with Gasteiger partial charge in [0.25, 0.3) is 0 Å². The average molecular weight is 265 g/mol. The molecule has 0 amide bonds. The van der Waals surface area contributed by atoms with Crippen molar-refractivity contribution in [2.75, 3.05) is 13.1 Å². The van der Waals surface area contributed by atoms with Gasteiger partial charge in [-0.1, -0.05) is 0 Å². The summed E-state index contributed by atoms with van der Waals surface area (Å²) < 4.78 is 2.33. The molecule has 1 aromatic rings. The van der Waals surface area contributed by atoms with E-state index >= 15 is 0 Å². The molecule has 3 heterocycles. The molecule has 1 fully saturated rings. The minimum absolute atomic E-state index is 0. The Labute approximate surface area is 108 Å². The predicted molar refractivity (Wildman–Crippen MR) is 67.7 cm³/mol. The van der Waals surface area contributed by atoms with Crippen LogP contribution in [0.15, 0.2) is 0 Å². The number of nitrogens with zero attached hydrogens (tertiary/aromatic N) is 3. The molecule has 3 rings (SSSR count). The van der Waals surface area contributed by atoms with E-state index in [4.69, 9.17) is 0 Å². The Bertz CT molecular complexity index is 334. The molecule has 6 heteroatoms. The van der Waals surface area contributed by atoms with Crippen molar-refractivity contribution in [3.8, 4) is 0 Å². The van der Waals surface area contributed by atoms with Crippen LogP contribution in [0.1, 0.15) is 36.8 Å². The third kappa shape index (κ3) is 2.34. The first kappa shape index (κ1) is 13.7. The van der Waals surface area contributed by atoms with Gasteiger partial charge in [-0.3, -0.25) is 0 Å². The molecule has 4 nitrogen and oxygen atoms in total. The van der Waals surface area contributed by atoms with Crippen molar-refractivity contribution >= 4 is 24.8 Å². The van der Waals surface area contributed by atoms with Gasteiger partial charge in [-0.15, -0.1) is 35.0 Å². The number of halogens is 2. The van der Waals surface area contributed by atoms with Gasteiger partial charge in [0, 0.05) is 25.4 Å². The molecule has 16 heavy (non-hydrogen) atoms. The quantitative estimate of drug-likeness (QED) is 0.837. The van der Waals surface area contributed by atoms with Gasteiger partial charge >= 0.3 is 0 Å². The highest BCUT2D eigenvalue weighted by atomic mass is 35.5. The molecule has 92 valence electrons. The topological polar surface area (TPSA) is 42.7 Å². The summed E-state index contributed by atoms with van der Waals surface area (Å²) in [6, 6.07) is 0. The standard InChI is InChI=1S/C10H16N4.2ClH/c1-3-8(7-11-5-1)10-13-12-9-4-2-6-14(9)10;;/h8,11H,1-7H2;2*1H. The molecule has 1 N–H and O–H groups in total. The second kappa shape index (κ2) is 5.84. The summed E-state index contributed by atoms with van der Waals surface area (Å²) in [5, 5.41) is 12.0. The van der Waals surface area contributed by atoms with Crippen LogP contribution >= 0.6 is 24.8 Å². The number of hydrogen-bond acceptors (Lipinski definition) is 3. The number of hydrogen-bond donors (Lipinski definition) is 1. The largest absolute Gasteiger partial charge is 0.316 e. The van der Waals surface area contributed by atoms with Crippen LogP contribution in [0.3, 0.4) is 0 Å². The Balaban J connectivity index is 0.000000640. The summed E-state index contributed by atoms with van der Waals surface area (Å²) in [5.74, 6) is 3.03. The molecule has 0 aromatic carbocycles. The number of aryl methyl sites for hydroxylation is 1. The number of rotatable bonds is 1. The van der Waals surface area contributed by atoms with E-state index in [0.717, 1.165) is 26.1 Å². The fourth-order valence-electron chi connectivity index (χ4n) is 2.55. The van der Waals surface area contributed by atoms with E-state index in [2.05, 4.69) is 20.1 Å². The molecule has 0 bridgehead atoms. The second-order valence-corrected chi connectivity index (χ2v) is 4.27. The highest BCUT2D eigenvalue weighted by Gasteiger charge is 2.24. The Morgan fingerprint density at radius 1 is 1.19 bits per heavy atom. The maximum Gasteiger partial charge on any atom is 0.137 e. The summed E-state index contributed by atoms with van der Waals surface area (Å²) in [5.41, 5.74) is 0. The second-order valence-electron chi connectivity index (χ2n) is 4.27. The predicted octanol–water partition coefficient (Wildman–Crippen LogP) is 1.53. The van der Waals surface area contributed by atoms with Gasteiger partial charge in [-0.05, 0) is 25.8 Å². The van der Waals surface area contributed by atoms with Crippen LogP contribution in [-0.4, -0.2) is 27.9 Å². The number of piperidine rings is 1. The van der Waals surface area contributed by atoms with E-state index in [9.17, 15) is 0 Å². The molecule has 1 unspecified atom stereocenters. The number of aromatic nitrogens is 3. The third-order valence-electron chi connectivity index (χ3n) is 3.30. The van der Waals surface area contributed by atoms with Crippen LogP contribution in [0.2, 0.25) is 0 Å². The first-order chi connectivity index (χ1) is 6.95. The number of fused-ring (bicyclic) bond motifs is 1. The Morgan fingerprint density at radius 3 is 2.81 bits per heavy atom. The fourth-order valence-corrected chi connectivity index (χ4v) is 2.55. The summed E-state index contributed by atoms with van der Waals surface area (Å²) in [6.07, 6.45) is 4.91. The molecule has 2 aliphatic heterocycles. The molecule has 0 aliphatic carbocycles. The van der Waals surface area contributed by atoms with E-state index < -0.39 is 0 Å². The lowest BCUT2D eigenvalue weighted by molar-refractivity contribution is 0.433. The molecule has 2 aliphatic rings. The zero-order valence-corrected chi connectivity index (χ0v) is 10.8. The van der Waals surface area contributed by atoms with Gasteiger partial charge in [-0.25, -0.2) is 0 Å². The van der Waals surface area contributed by atoms with Gasteiger partial charge in [-0.2, -0.15) is 0 Å². The van der Waals surface area contributed by atoms with E-state index in [0.29, 0.717) is 5.92 Å². The lowest BCUT2D eigenvalue weighted by Gasteiger charge is -2.21. The van der Waals surface area contributed by atoms with Crippen molar-refractivity contribution in [1.29, 1.82) is 0 Å². The minimum atomic E-state index is 0. The average Bonchev–Trinajstić information content (AvgIpc) is 2.79. The zero-order valence-electron chi connectivity index (χ0n) is 9.19. The molecule has 0 saturated carbocycles. The first-order valence-corrected chi connectivity index (χ1v) is 5.58. The van der Waals surface area contributed by atoms with Crippen LogP contribution in [0.25, 0.3) is 0 Å². The van der Waals surface area contributed by atoms with Crippen molar-refractivity contribution in [2.45, 2.75) is 38.1 Å². The van der Waals surface area contributed by atoms with Crippen LogP contribution < -0.4 is 5.32 Å². The van der Waals surface area contributed by atoms with Crippen molar-refractivity contribution in [3.05, 3.63) is 11.6 Å². The van der Waals surface area contributed by atoms with E-state index in [1.807, 2.05) is 0 Å². The van der Waals surface area contributed by atoms with Gasteiger partial charge in [0.05, 0.1) is 0 Å². The Morgan fingerprint density at radius 2 is 2.06 bits per heavy atom. The van der Waals surface area contributed by atoms with Crippen molar-refractivity contribution in [1.82, 2.24) is 20.1 Å². The van der Waals surface area contributed by atoms with Gasteiger partial charge in [0.15, 0.2) is 0 Å². The van der Waals surface area contributed by atoms with Crippen molar-refractivity contribution in [3.63, 3.8) is 0 Å². The summed E-state index contributed by atoms with van der Waals surface area (Å²) in [4.78, 5) is 0. The number of nitrogens with one attached hydrogen (secondary N) is 1.